The number of carbonyl (C=O) groups excluding carboxylic acids is 1. The lowest BCUT2D eigenvalue weighted by molar-refractivity contribution is -0.123. The summed E-state index contributed by atoms with van der Waals surface area (Å²) >= 11 is 6.39. The van der Waals surface area contributed by atoms with Crippen LogP contribution in [-0.4, -0.2) is 21.5 Å². The van der Waals surface area contributed by atoms with Crippen molar-refractivity contribution in [2.45, 2.75) is 24.8 Å². The first-order valence-corrected chi connectivity index (χ1v) is 9.83. The SMILES string of the molecule is CCc1cccc2nnc3ccc(N4C(=O)C(Cl)C4c4ccccc4)cc3c12. The van der Waals surface area contributed by atoms with Gasteiger partial charge in [0.2, 0.25) is 5.91 Å². The van der Waals surface area contributed by atoms with Gasteiger partial charge in [-0.2, -0.15) is 0 Å². The molecule has 4 nitrogen and oxygen atoms in total. The molecule has 2 heterocycles. The van der Waals surface area contributed by atoms with E-state index in [1.165, 1.54) is 5.56 Å². The summed E-state index contributed by atoms with van der Waals surface area (Å²) in [4.78, 5) is 14.4. The number of aromatic nitrogens is 2. The van der Waals surface area contributed by atoms with Crippen LogP contribution in [0.1, 0.15) is 24.1 Å². The zero-order valence-electron chi connectivity index (χ0n) is 15.3. The van der Waals surface area contributed by atoms with Gasteiger partial charge in [0.1, 0.15) is 5.38 Å². The fraction of sp³-hybridized carbons (Fsp3) is 0.174. The van der Waals surface area contributed by atoms with E-state index in [-0.39, 0.29) is 11.9 Å². The summed E-state index contributed by atoms with van der Waals surface area (Å²) < 4.78 is 0. The number of carbonyl (C=O) groups is 1. The third-order valence-corrected chi connectivity index (χ3v) is 5.90. The second-order valence-corrected chi connectivity index (χ2v) is 7.50. The lowest BCUT2D eigenvalue weighted by atomic mass is 9.92. The largest absolute Gasteiger partial charge is 0.301 e. The summed E-state index contributed by atoms with van der Waals surface area (Å²) in [5.41, 5.74) is 4.79. The first-order chi connectivity index (χ1) is 13.7. The van der Waals surface area contributed by atoms with Gasteiger partial charge in [-0.25, -0.2) is 0 Å². The van der Waals surface area contributed by atoms with Crippen LogP contribution in [0, 0.1) is 0 Å². The zero-order chi connectivity index (χ0) is 19.3. The summed E-state index contributed by atoms with van der Waals surface area (Å²) in [6.07, 6.45) is 0.904. The van der Waals surface area contributed by atoms with Gasteiger partial charge in [0.05, 0.1) is 17.1 Å². The monoisotopic (exact) mass is 387 g/mol. The molecule has 0 bridgehead atoms. The van der Waals surface area contributed by atoms with Gasteiger partial charge in [-0.15, -0.1) is 21.8 Å². The maximum absolute atomic E-state index is 12.6. The van der Waals surface area contributed by atoms with Crippen molar-refractivity contribution in [3.63, 3.8) is 0 Å². The number of hydrogen-bond acceptors (Lipinski definition) is 3. The van der Waals surface area contributed by atoms with Crippen LogP contribution in [0.5, 0.6) is 0 Å². The van der Waals surface area contributed by atoms with Gasteiger partial charge in [0.15, 0.2) is 0 Å². The average molecular weight is 388 g/mol. The molecule has 1 fully saturated rings. The molecular formula is C23H18ClN3O. The minimum absolute atomic E-state index is 0.0723. The molecule has 28 heavy (non-hydrogen) atoms. The molecule has 1 amide bonds. The Morgan fingerprint density at radius 2 is 1.75 bits per heavy atom. The van der Waals surface area contributed by atoms with Crippen LogP contribution in [0.4, 0.5) is 5.69 Å². The summed E-state index contributed by atoms with van der Waals surface area (Å²) in [5, 5.41) is 10.3. The Kier molecular flexibility index (Phi) is 4.02. The van der Waals surface area contributed by atoms with Gasteiger partial charge in [-0.3, -0.25) is 4.79 Å². The minimum atomic E-state index is -0.545. The summed E-state index contributed by atoms with van der Waals surface area (Å²) in [5.74, 6) is -0.0723. The number of hydrogen-bond donors (Lipinski definition) is 0. The smallest absolute Gasteiger partial charge is 0.248 e. The lowest BCUT2D eigenvalue weighted by Crippen LogP contribution is -2.56. The molecular weight excluding hydrogens is 370 g/mol. The topological polar surface area (TPSA) is 46.1 Å². The van der Waals surface area contributed by atoms with Crippen LogP contribution >= 0.6 is 11.6 Å². The Labute approximate surface area is 167 Å². The third-order valence-electron chi connectivity index (χ3n) is 5.47. The molecule has 0 N–H and O–H groups in total. The van der Waals surface area contributed by atoms with E-state index in [0.29, 0.717) is 0 Å². The van der Waals surface area contributed by atoms with Crippen molar-refractivity contribution in [1.29, 1.82) is 0 Å². The molecule has 0 radical (unpaired) electrons. The molecule has 0 saturated carbocycles. The van der Waals surface area contributed by atoms with Crippen molar-refractivity contribution >= 4 is 45.0 Å². The van der Waals surface area contributed by atoms with Gasteiger partial charge in [-0.05, 0) is 41.8 Å². The Hall–Kier alpha value is -2.98. The highest BCUT2D eigenvalue weighted by Crippen LogP contribution is 2.43. The van der Waals surface area contributed by atoms with E-state index in [9.17, 15) is 4.79 Å². The number of rotatable bonds is 3. The quantitative estimate of drug-likeness (QED) is 0.281. The van der Waals surface area contributed by atoms with E-state index in [1.807, 2.05) is 60.7 Å². The molecule has 5 rings (SSSR count). The first-order valence-electron chi connectivity index (χ1n) is 9.39. The average Bonchev–Trinajstić information content (AvgIpc) is 2.76. The molecule has 5 heteroatoms. The molecule has 138 valence electrons. The number of anilines is 1. The lowest BCUT2D eigenvalue weighted by Gasteiger charge is -2.44. The maximum Gasteiger partial charge on any atom is 0.248 e. The number of nitrogens with zero attached hydrogens (tertiary/aromatic N) is 3. The van der Waals surface area contributed by atoms with Gasteiger partial charge >= 0.3 is 0 Å². The predicted molar refractivity (Wildman–Crippen MR) is 113 cm³/mol. The third kappa shape index (κ3) is 2.49. The molecule has 3 aromatic carbocycles. The highest BCUT2D eigenvalue weighted by molar-refractivity contribution is 6.37. The molecule has 0 spiro atoms. The zero-order valence-corrected chi connectivity index (χ0v) is 16.1. The van der Waals surface area contributed by atoms with Gasteiger partial charge in [0, 0.05) is 16.5 Å². The van der Waals surface area contributed by atoms with E-state index >= 15 is 0 Å². The predicted octanol–water partition coefficient (Wildman–Crippen LogP) is 5.04. The van der Waals surface area contributed by atoms with E-state index in [2.05, 4.69) is 23.2 Å². The Morgan fingerprint density at radius 1 is 0.964 bits per heavy atom. The highest BCUT2D eigenvalue weighted by atomic mass is 35.5. The Morgan fingerprint density at radius 3 is 2.54 bits per heavy atom. The normalized spacial score (nSPS) is 19.2. The summed E-state index contributed by atoms with van der Waals surface area (Å²) in [6, 6.07) is 21.8. The highest BCUT2D eigenvalue weighted by Gasteiger charge is 2.47. The van der Waals surface area contributed by atoms with Gasteiger partial charge in [-0.1, -0.05) is 49.4 Å². The summed E-state index contributed by atoms with van der Waals surface area (Å²) in [6.45, 7) is 2.13. The molecule has 1 aliphatic rings. The van der Waals surface area contributed by atoms with E-state index < -0.39 is 5.38 Å². The van der Waals surface area contributed by atoms with Crippen LogP contribution in [0.25, 0.3) is 21.8 Å². The van der Waals surface area contributed by atoms with Crippen molar-refractivity contribution < 1.29 is 4.79 Å². The second-order valence-electron chi connectivity index (χ2n) is 7.03. The molecule has 1 saturated heterocycles. The Balaban J connectivity index is 1.69. The molecule has 0 aliphatic carbocycles. The van der Waals surface area contributed by atoms with Crippen molar-refractivity contribution in [2.24, 2.45) is 0 Å². The second kappa shape index (κ2) is 6.57. The fourth-order valence-electron chi connectivity index (χ4n) is 4.05. The van der Waals surface area contributed by atoms with Gasteiger partial charge < -0.3 is 4.90 Å². The van der Waals surface area contributed by atoms with Crippen LogP contribution in [0.3, 0.4) is 0 Å². The number of alkyl halides is 1. The summed E-state index contributed by atoms with van der Waals surface area (Å²) in [7, 11) is 0. The number of β-lactam (4-membered cyclic amide) rings is 1. The van der Waals surface area contributed by atoms with Crippen LogP contribution < -0.4 is 4.90 Å². The Bertz CT molecular complexity index is 1210. The minimum Gasteiger partial charge on any atom is -0.301 e. The number of benzene rings is 3. The number of aryl methyl sites for hydroxylation is 1. The van der Waals surface area contributed by atoms with E-state index in [1.54, 1.807) is 4.90 Å². The van der Waals surface area contributed by atoms with Crippen LogP contribution in [0.15, 0.2) is 66.7 Å². The molecule has 1 aromatic heterocycles. The maximum atomic E-state index is 12.6. The van der Waals surface area contributed by atoms with Crippen molar-refractivity contribution in [2.75, 3.05) is 4.90 Å². The van der Waals surface area contributed by atoms with Gasteiger partial charge in [0.25, 0.3) is 0 Å². The van der Waals surface area contributed by atoms with Crippen molar-refractivity contribution in [1.82, 2.24) is 10.2 Å². The van der Waals surface area contributed by atoms with Crippen LogP contribution in [-0.2, 0) is 11.2 Å². The standard InChI is InChI=1S/C23H18ClN3O/c1-2-14-9-6-10-19-20(14)17-13-16(11-12-18(17)25-26-19)27-22(21(24)23(27)28)15-7-4-3-5-8-15/h3-13,21-22H,2H2,1H3. The first kappa shape index (κ1) is 17.1. The number of amides is 1. The number of halogens is 1. The van der Waals surface area contributed by atoms with Crippen molar-refractivity contribution in [3.8, 4) is 0 Å². The molecule has 1 aliphatic heterocycles. The molecule has 2 unspecified atom stereocenters. The molecule has 4 aromatic rings. The number of fused-ring (bicyclic) bond motifs is 3. The fourth-order valence-corrected chi connectivity index (χ4v) is 4.42. The van der Waals surface area contributed by atoms with Crippen LogP contribution in [0.2, 0.25) is 0 Å². The van der Waals surface area contributed by atoms with Crippen molar-refractivity contribution in [3.05, 3.63) is 77.9 Å². The molecule has 2 atom stereocenters. The van der Waals surface area contributed by atoms with E-state index in [4.69, 9.17) is 11.6 Å². The van der Waals surface area contributed by atoms with E-state index in [0.717, 1.165) is 39.5 Å².